The molecule has 0 atom stereocenters. The lowest BCUT2D eigenvalue weighted by Gasteiger charge is -2.04. The van der Waals surface area contributed by atoms with Crippen LogP contribution in [0.5, 0.6) is 0 Å². The van der Waals surface area contributed by atoms with Gasteiger partial charge >= 0.3 is 0 Å². The minimum Gasteiger partial charge on any atom is -0.396 e. The number of anilines is 1. The molecule has 0 saturated carbocycles. The van der Waals surface area contributed by atoms with E-state index in [1.807, 2.05) is 30.2 Å². The zero-order valence-electron chi connectivity index (χ0n) is 8.80. The van der Waals surface area contributed by atoms with Crippen molar-refractivity contribution in [3.63, 3.8) is 0 Å². The fourth-order valence-corrected chi connectivity index (χ4v) is 1.54. The van der Waals surface area contributed by atoms with Crippen molar-refractivity contribution in [2.24, 2.45) is 0 Å². The van der Waals surface area contributed by atoms with Crippen molar-refractivity contribution in [3.8, 4) is 0 Å². The van der Waals surface area contributed by atoms with Crippen molar-refractivity contribution in [1.29, 1.82) is 0 Å². The molecule has 0 aromatic carbocycles. The van der Waals surface area contributed by atoms with Crippen LogP contribution < -0.4 is 5.73 Å². The first-order valence-electron chi connectivity index (χ1n) is 5.01. The first kappa shape index (κ1) is 9.76. The van der Waals surface area contributed by atoms with E-state index in [0.29, 0.717) is 5.69 Å². The van der Waals surface area contributed by atoms with Gasteiger partial charge < -0.3 is 10.3 Å². The van der Waals surface area contributed by atoms with Crippen molar-refractivity contribution < 1.29 is 0 Å². The van der Waals surface area contributed by atoms with E-state index in [4.69, 9.17) is 5.73 Å². The molecule has 2 aromatic rings. The fourth-order valence-electron chi connectivity index (χ4n) is 1.54. The first-order chi connectivity index (χ1) is 7.25. The van der Waals surface area contributed by atoms with E-state index in [2.05, 4.69) is 14.6 Å². The third-order valence-electron chi connectivity index (χ3n) is 2.36. The summed E-state index contributed by atoms with van der Waals surface area (Å²) in [7, 11) is 0. The second-order valence-electron chi connectivity index (χ2n) is 3.56. The molecular weight excluding hydrogens is 190 g/mol. The highest BCUT2D eigenvalue weighted by Gasteiger charge is 1.97. The summed E-state index contributed by atoms with van der Waals surface area (Å²) in [6, 6.07) is 0. The summed E-state index contributed by atoms with van der Waals surface area (Å²) >= 11 is 0. The molecule has 0 aliphatic heterocycles. The Hall–Kier alpha value is -1.78. The zero-order chi connectivity index (χ0) is 10.7. The van der Waals surface area contributed by atoms with Crippen molar-refractivity contribution in [2.45, 2.75) is 26.4 Å². The molecule has 0 aliphatic rings. The van der Waals surface area contributed by atoms with Crippen LogP contribution in [0.4, 0.5) is 5.69 Å². The third kappa shape index (κ3) is 2.37. The Morgan fingerprint density at radius 2 is 2.27 bits per heavy atom. The summed E-state index contributed by atoms with van der Waals surface area (Å²) in [6.45, 7) is 3.85. The molecule has 5 heteroatoms. The van der Waals surface area contributed by atoms with Gasteiger partial charge in [-0.1, -0.05) is 0 Å². The highest BCUT2D eigenvalue weighted by molar-refractivity contribution is 5.30. The van der Waals surface area contributed by atoms with Crippen LogP contribution >= 0.6 is 0 Å². The minimum atomic E-state index is 0.716. The second-order valence-corrected chi connectivity index (χ2v) is 3.56. The summed E-state index contributed by atoms with van der Waals surface area (Å²) in [5.41, 5.74) is 6.29. The maximum atomic E-state index is 5.57. The number of rotatable bonds is 4. The van der Waals surface area contributed by atoms with Crippen LogP contribution in [0.3, 0.4) is 0 Å². The van der Waals surface area contributed by atoms with Gasteiger partial charge in [0.2, 0.25) is 0 Å². The van der Waals surface area contributed by atoms with Crippen LogP contribution in [-0.2, 0) is 13.1 Å². The van der Waals surface area contributed by atoms with Gasteiger partial charge in [-0.15, -0.1) is 0 Å². The van der Waals surface area contributed by atoms with E-state index in [1.165, 1.54) is 0 Å². The molecule has 2 heterocycles. The van der Waals surface area contributed by atoms with Gasteiger partial charge in [0.1, 0.15) is 5.82 Å². The molecule has 15 heavy (non-hydrogen) atoms. The van der Waals surface area contributed by atoms with Gasteiger partial charge in [0, 0.05) is 31.7 Å². The maximum absolute atomic E-state index is 5.57. The SMILES string of the molecule is Cc1nccn1CCCn1cc(N)cn1. The first-order valence-corrected chi connectivity index (χ1v) is 5.01. The molecule has 5 nitrogen and oxygen atoms in total. The van der Waals surface area contributed by atoms with E-state index in [1.54, 1.807) is 6.20 Å². The molecule has 2 rings (SSSR count). The lowest BCUT2D eigenvalue weighted by molar-refractivity contribution is 0.521. The summed E-state index contributed by atoms with van der Waals surface area (Å²) in [4.78, 5) is 4.17. The molecule has 2 aromatic heterocycles. The molecule has 0 radical (unpaired) electrons. The van der Waals surface area contributed by atoms with E-state index in [-0.39, 0.29) is 0 Å². The standard InChI is InChI=1S/C10H15N5/c1-9-12-3-6-14(9)4-2-5-15-8-10(11)7-13-15/h3,6-8H,2,4-5,11H2,1H3. The highest BCUT2D eigenvalue weighted by atomic mass is 15.3. The Balaban J connectivity index is 1.83. The topological polar surface area (TPSA) is 61.7 Å². The van der Waals surface area contributed by atoms with Crippen LogP contribution in [0.15, 0.2) is 24.8 Å². The van der Waals surface area contributed by atoms with Crippen LogP contribution in [0.25, 0.3) is 0 Å². The molecule has 2 N–H and O–H groups in total. The molecule has 80 valence electrons. The van der Waals surface area contributed by atoms with Crippen molar-refractivity contribution in [1.82, 2.24) is 19.3 Å². The Bertz CT molecular complexity index is 428. The molecule has 0 bridgehead atoms. The fraction of sp³-hybridized carbons (Fsp3) is 0.400. The summed E-state index contributed by atoms with van der Waals surface area (Å²) < 4.78 is 3.99. The van der Waals surface area contributed by atoms with Crippen LogP contribution in [0, 0.1) is 6.92 Å². The number of hydrogen-bond acceptors (Lipinski definition) is 3. The molecular formula is C10H15N5. The van der Waals surface area contributed by atoms with E-state index < -0.39 is 0 Å². The van der Waals surface area contributed by atoms with Gasteiger partial charge in [-0.05, 0) is 13.3 Å². The van der Waals surface area contributed by atoms with Crippen LogP contribution in [0.2, 0.25) is 0 Å². The van der Waals surface area contributed by atoms with Gasteiger partial charge in [0.05, 0.1) is 11.9 Å². The van der Waals surface area contributed by atoms with Crippen LogP contribution in [0.1, 0.15) is 12.2 Å². The molecule has 0 fully saturated rings. The van der Waals surface area contributed by atoms with Gasteiger partial charge in [0.25, 0.3) is 0 Å². The molecule has 0 spiro atoms. The average Bonchev–Trinajstić information content (AvgIpc) is 2.77. The summed E-state index contributed by atoms with van der Waals surface area (Å²) in [5.74, 6) is 1.05. The maximum Gasteiger partial charge on any atom is 0.105 e. The predicted molar refractivity (Wildman–Crippen MR) is 58.2 cm³/mol. The van der Waals surface area contributed by atoms with Gasteiger partial charge in [0.15, 0.2) is 0 Å². The zero-order valence-corrected chi connectivity index (χ0v) is 8.80. The van der Waals surface area contributed by atoms with Crippen molar-refractivity contribution in [3.05, 3.63) is 30.6 Å². The minimum absolute atomic E-state index is 0.716. The lowest BCUT2D eigenvalue weighted by Crippen LogP contribution is -2.05. The average molecular weight is 205 g/mol. The quantitative estimate of drug-likeness (QED) is 0.811. The summed E-state index contributed by atoms with van der Waals surface area (Å²) in [5, 5.41) is 4.12. The number of hydrogen-bond donors (Lipinski definition) is 1. The van der Waals surface area contributed by atoms with E-state index in [0.717, 1.165) is 25.3 Å². The van der Waals surface area contributed by atoms with Gasteiger partial charge in [-0.3, -0.25) is 4.68 Å². The monoisotopic (exact) mass is 205 g/mol. The number of nitrogens with zero attached hydrogens (tertiary/aromatic N) is 4. The second kappa shape index (κ2) is 4.16. The number of imidazole rings is 1. The Kier molecular flexibility index (Phi) is 2.71. The number of nitrogens with two attached hydrogens (primary N) is 1. The van der Waals surface area contributed by atoms with E-state index >= 15 is 0 Å². The van der Waals surface area contributed by atoms with Crippen LogP contribution in [-0.4, -0.2) is 19.3 Å². The normalized spacial score (nSPS) is 10.7. The lowest BCUT2D eigenvalue weighted by atomic mass is 10.4. The number of nitrogen functional groups attached to an aromatic ring is 1. The third-order valence-corrected chi connectivity index (χ3v) is 2.36. The highest BCUT2D eigenvalue weighted by Crippen LogP contribution is 2.01. The number of aromatic nitrogens is 4. The largest absolute Gasteiger partial charge is 0.396 e. The van der Waals surface area contributed by atoms with E-state index in [9.17, 15) is 0 Å². The Morgan fingerprint density at radius 1 is 1.40 bits per heavy atom. The Morgan fingerprint density at radius 3 is 2.87 bits per heavy atom. The smallest absolute Gasteiger partial charge is 0.105 e. The van der Waals surface area contributed by atoms with Gasteiger partial charge in [-0.2, -0.15) is 5.10 Å². The Labute approximate surface area is 88.5 Å². The van der Waals surface area contributed by atoms with Gasteiger partial charge in [-0.25, -0.2) is 4.98 Å². The molecule has 0 saturated heterocycles. The number of aryl methyl sites for hydroxylation is 3. The summed E-state index contributed by atoms with van der Waals surface area (Å²) in [6.07, 6.45) is 8.36. The molecule has 0 aliphatic carbocycles. The van der Waals surface area contributed by atoms with Crippen molar-refractivity contribution in [2.75, 3.05) is 5.73 Å². The molecule has 0 unspecified atom stereocenters. The van der Waals surface area contributed by atoms with Crippen molar-refractivity contribution >= 4 is 5.69 Å². The molecule has 0 amide bonds. The predicted octanol–water partition coefficient (Wildman–Crippen LogP) is 1.06.